The number of fused-ring (bicyclic) bond motifs is 1. The summed E-state index contributed by atoms with van der Waals surface area (Å²) >= 11 is 0. The van der Waals surface area contributed by atoms with E-state index in [0.717, 1.165) is 16.5 Å². The second-order valence-corrected chi connectivity index (χ2v) is 3.69. The number of hydrogen-bond donors (Lipinski definition) is 1. The lowest BCUT2D eigenvalue weighted by Gasteiger charge is -2.04. The quantitative estimate of drug-likeness (QED) is 0.715. The molecule has 0 atom stereocenters. The minimum absolute atomic E-state index is 0.105. The molecule has 1 N–H and O–H groups in total. The van der Waals surface area contributed by atoms with Gasteiger partial charge in [-0.05, 0) is 12.1 Å². The summed E-state index contributed by atoms with van der Waals surface area (Å²) < 4.78 is 1.66. The van der Waals surface area contributed by atoms with Crippen LogP contribution >= 0.6 is 0 Å². The average Bonchev–Trinajstić information content (AvgIpc) is 2.87. The van der Waals surface area contributed by atoms with E-state index in [1.54, 1.807) is 17.1 Å². The summed E-state index contributed by atoms with van der Waals surface area (Å²) in [5, 5.41) is 18.9. The fraction of sp³-hybridized carbons (Fsp3) is 0.0833. The van der Waals surface area contributed by atoms with E-state index in [4.69, 9.17) is 5.11 Å². The van der Waals surface area contributed by atoms with Gasteiger partial charge in [-0.15, -0.1) is 5.10 Å². The molecule has 2 heterocycles. The zero-order chi connectivity index (χ0) is 11.7. The summed E-state index contributed by atoms with van der Waals surface area (Å²) in [5.41, 5.74) is 1.48. The molecule has 0 bridgehead atoms. The van der Waals surface area contributed by atoms with Gasteiger partial charge in [-0.25, -0.2) is 4.68 Å². The monoisotopic (exact) mass is 226 g/mol. The van der Waals surface area contributed by atoms with Crippen molar-refractivity contribution in [2.45, 2.75) is 6.61 Å². The third-order valence-corrected chi connectivity index (χ3v) is 2.61. The van der Waals surface area contributed by atoms with Crippen molar-refractivity contribution in [1.82, 2.24) is 20.0 Å². The van der Waals surface area contributed by atoms with Gasteiger partial charge in [-0.1, -0.05) is 17.3 Å². The highest BCUT2D eigenvalue weighted by Gasteiger charge is 2.05. The molecule has 0 amide bonds. The molecule has 5 heteroatoms. The van der Waals surface area contributed by atoms with Crippen molar-refractivity contribution < 1.29 is 5.11 Å². The molecule has 0 unspecified atom stereocenters. The third-order valence-electron chi connectivity index (χ3n) is 2.61. The molecule has 17 heavy (non-hydrogen) atoms. The maximum absolute atomic E-state index is 8.99. The molecular formula is C12H10N4O. The minimum atomic E-state index is -0.105. The summed E-state index contributed by atoms with van der Waals surface area (Å²) in [7, 11) is 0. The van der Waals surface area contributed by atoms with Gasteiger partial charge in [-0.2, -0.15) is 0 Å². The summed E-state index contributed by atoms with van der Waals surface area (Å²) in [4.78, 5) is 4.08. The van der Waals surface area contributed by atoms with Crippen molar-refractivity contribution in [2.24, 2.45) is 0 Å². The van der Waals surface area contributed by atoms with E-state index in [0.29, 0.717) is 5.69 Å². The highest BCUT2D eigenvalue weighted by atomic mass is 16.3. The number of rotatable bonds is 2. The molecule has 2 aromatic heterocycles. The molecule has 0 spiro atoms. The van der Waals surface area contributed by atoms with E-state index in [-0.39, 0.29) is 6.61 Å². The first-order chi connectivity index (χ1) is 8.38. The lowest BCUT2D eigenvalue weighted by molar-refractivity contribution is 0.276. The van der Waals surface area contributed by atoms with Crippen LogP contribution in [-0.2, 0) is 6.61 Å². The predicted molar refractivity (Wildman–Crippen MR) is 62.6 cm³/mol. The molecule has 3 aromatic rings. The van der Waals surface area contributed by atoms with Crippen LogP contribution in [0.4, 0.5) is 0 Å². The van der Waals surface area contributed by atoms with E-state index in [1.807, 2.05) is 30.5 Å². The Morgan fingerprint density at radius 2 is 2.18 bits per heavy atom. The smallest absolute Gasteiger partial charge is 0.109 e. The van der Waals surface area contributed by atoms with Crippen molar-refractivity contribution in [1.29, 1.82) is 0 Å². The minimum Gasteiger partial charge on any atom is -0.390 e. The van der Waals surface area contributed by atoms with Crippen molar-refractivity contribution >= 4 is 10.8 Å². The molecule has 0 radical (unpaired) electrons. The Morgan fingerprint density at radius 1 is 1.24 bits per heavy atom. The Kier molecular flexibility index (Phi) is 2.31. The zero-order valence-corrected chi connectivity index (χ0v) is 8.98. The van der Waals surface area contributed by atoms with E-state index >= 15 is 0 Å². The Balaban J connectivity index is 2.23. The standard InChI is InChI=1S/C12H10N4O/c17-8-10-7-16(15-14-10)12-3-1-2-9-6-13-5-4-11(9)12/h1-7,17H,8H2. The van der Waals surface area contributed by atoms with Gasteiger partial charge in [0.15, 0.2) is 0 Å². The van der Waals surface area contributed by atoms with Crippen LogP contribution in [0.25, 0.3) is 16.5 Å². The average molecular weight is 226 g/mol. The van der Waals surface area contributed by atoms with Crippen LogP contribution in [-0.4, -0.2) is 25.1 Å². The number of pyridine rings is 1. The van der Waals surface area contributed by atoms with E-state index in [1.165, 1.54) is 0 Å². The number of aromatic nitrogens is 4. The van der Waals surface area contributed by atoms with Gasteiger partial charge in [0.05, 0.1) is 18.5 Å². The SMILES string of the molecule is OCc1cn(-c2cccc3cnccc23)nn1. The van der Waals surface area contributed by atoms with Gasteiger partial charge in [0, 0.05) is 23.2 Å². The maximum atomic E-state index is 8.99. The Bertz CT molecular complexity index is 657. The van der Waals surface area contributed by atoms with Gasteiger partial charge in [0.2, 0.25) is 0 Å². The van der Waals surface area contributed by atoms with Gasteiger partial charge in [0.25, 0.3) is 0 Å². The maximum Gasteiger partial charge on any atom is 0.109 e. The second kappa shape index (κ2) is 3.95. The molecule has 0 aliphatic heterocycles. The summed E-state index contributed by atoms with van der Waals surface area (Å²) in [6, 6.07) is 7.83. The van der Waals surface area contributed by atoms with Crippen LogP contribution < -0.4 is 0 Å². The summed E-state index contributed by atoms with van der Waals surface area (Å²) in [6.07, 6.45) is 5.27. The van der Waals surface area contributed by atoms with Crippen LogP contribution in [0.1, 0.15) is 5.69 Å². The molecule has 5 nitrogen and oxygen atoms in total. The molecule has 0 saturated carbocycles. The molecule has 0 fully saturated rings. The largest absolute Gasteiger partial charge is 0.390 e. The van der Waals surface area contributed by atoms with Gasteiger partial charge in [0.1, 0.15) is 5.69 Å². The number of nitrogens with zero attached hydrogens (tertiary/aromatic N) is 4. The Hall–Kier alpha value is -2.27. The number of benzene rings is 1. The predicted octanol–water partition coefficient (Wildman–Crippen LogP) is 1.31. The number of aliphatic hydroxyl groups is 1. The third kappa shape index (κ3) is 1.66. The number of aliphatic hydroxyl groups excluding tert-OH is 1. The van der Waals surface area contributed by atoms with Gasteiger partial charge in [-0.3, -0.25) is 4.98 Å². The molecule has 84 valence electrons. The van der Waals surface area contributed by atoms with Crippen LogP contribution in [0.2, 0.25) is 0 Å². The first-order valence-electron chi connectivity index (χ1n) is 5.23. The van der Waals surface area contributed by atoms with Gasteiger partial charge < -0.3 is 5.11 Å². The van der Waals surface area contributed by atoms with Crippen molar-refractivity contribution in [3.05, 3.63) is 48.5 Å². The fourth-order valence-electron chi connectivity index (χ4n) is 1.79. The van der Waals surface area contributed by atoms with E-state index < -0.39 is 0 Å². The van der Waals surface area contributed by atoms with Crippen LogP contribution in [0, 0.1) is 0 Å². The van der Waals surface area contributed by atoms with Gasteiger partial charge >= 0.3 is 0 Å². The molecule has 0 saturated heterocycles. The van der Waals surface area contributed by atoms with E-state index in [2.05, 4.69) is 15.3 Å². The van der Waals surface area contributed by atoms with E-state index in [9.17, 15) is 0 Å². The molecule has 3 rings (SSSR count). The van der Waals surface area contributed by atoms with Crippen LogP contribution in [0.3, 0.4) is 0 Å². The van der Waals surface area contributed by atoms with Crippen molar-refractivity contribution in [2.75, 3.05) is 0 Å². The van der Waals surface area contributed by atoms with Crippen LogP contribution in [0.5, 0.6) is 0 Å². The fourth-order valence-corrected chi connectivity index (χ4v) is 1.79. The molecule has 0 aliphatic carbocycles. The highest BCUT2D eigenvalue weighted by molar-refractivity contribution is 5.89. The Morgan fingerprint density at radius 3 is 3.00 bits per heavy atom. The summed E-state index contributed by atoms with van der Waals surface area (Å²) in [6.45, 7) is -0.105. The van der Waals surface area contributed by atoms with Crippen LogP contribution in [0.15, 0.2) is 42.9 Å². The molecule has 1 aromatic carbocycles. The summed E-state index contributed by atoms with van der Waals surface area (Å²) in [5.74, 6) is 0. The highest BCUT2D eigenvalue weighted by Crippen LogP contribution is 2.20. The molecule has 0 aliphatic rings. The topological polar surface area (TPSA) is 63.8 Å². The lowest BCUT2D eigenvalue weighted by Crippen LogP contribution is -1.96. The first kappa shape index (κ1) is 9.92. The lowest BCUT2D eigenvalue weighted by atomic mass is 10.1. The second-order valence-electron chi connectivity index (χ2n) is 3.69. The van der Waals surface area contributed by atoms with Crippen molar-refractivity contribution in [3.63, 3.8) is 0 Å². The van der Waals surface area contributed by atoms with Crippen molar-refractivity contribution in [3.8, 4) is 5.69 Å². The normalized spacial score (nSPS) is 10.9. The zero-order valence-electron chi connectivity index (χ0n) is 8.98. The molecular weight excluding hydrogens is 216 g/mol. The first-order valence-corrected chi connectivity index (χ1v) is 5.23. The number of hydrogen-bond acceptors (Lipinski definition) is 4. The Labute approximate surface area is 97.3 Å².